The molecular formula is C7H9ClN2O. The Bertz CT molecular complexity index is 271. The molecule has 0 spiro atoms. The van der Waals surface area contributed by atoms with E-state index in [-0.39, 0.29) is 0 Å². The lowest BCUT2D eigenvalue weighted by atomic mass is 10.2. The summed E-state index contributed by atoms with van der Waals surface area (Å²) in [6.45, 7) is 0.910. The zero-order valence-corrected chi connectivity index (χ0v) is 6.98. The predicted octanol–water partition coefficient (Wildman–Crippen LogP) is 1.43. The number of hydrogen-bond donors (Lipinski definition) is 1. The van der Waals surface area contributed by atoms with Gasteiger partial charge < -0.3 is 9.43 Å². The molecule has 0 atom stereocenters. The van der Waals surface area contributed by atoms with Gasteiger partial charge >= 0.3 is 0 Å². The fraction of sp³-hybridized carbons (Fsp3) is 0.429. The normalized spacial score (nSPS) is 16.7. The lowest BCUT2D eigenvalue weighted by molar-refractivity contribution is 0.482. The Balaban J connectivity index is 2.43. The first-order valence-electron chi connectivity index (χ1n) is 3.53. The van der Waals surface area contributed by atoms with Gasteiger partial charge in [0.25, 0.3) is 0 Å². The highest BCUT2D eigenvalue weighted by Gasteiger charge is 2.17. The molecule has 2 heterocycles. The number of nitrogens with zero attached hydrogens (tertiary/aromatic N) is 1. The molecule has 0 radical (unpaired) electrons. The summed E-state index contributed by atoms with van der Waals surface area (Å²) in [5.74, 6) is 0.969. The Labute approximate surface area is 69.9 Å². The van der Waals surface area contributed by atoms with E-state index in [2.05, 4.69) is 5.43 Å². The molecule has 0 saturated heterocycles. The van der Waals surface area contributed by atoms with Gasteiger partial charge in [-0.3, -0.25) is 0 Å². The minimum atomic E-state index is 0.463. The van der Waals surface area contributed by atoms with Crippen LogP contribution in [0.25, 0.3) is 0 Å². The van der Waals surface area contributed by atoms with Crippen molar-refractivity contribution in [2.45, 2.75) is 6.42 Å². The molecule has 0 aromatic carbocycles. The summed E-state index contributed by atoms with van der Waals surface area (Å²) in [7, 11) is 1.95. The standard InChI is InChI=1S/C7H9ClN2O/c1-10-5-4-7(8)11-6(5)2-3-9-10/h4,9H,2-3H2,1H3. The summed E-state index contributed by atoms with van der Waals surface area (Å²) in [5, 5.41) is 2.39. The molecule has 1 aromatic heterocycles. The molecule has 2 rings (SSSR count). The maximum Gasteiger partial charge on any atom is 0.195 e. The third-order valence-corrected chi connectivity index (χ3v) is 2.01. The van der Waals surface area contributed by atoms with E-state index in [1.54, 1.807) is 0 Å². The minimum Gasteiger partial charge on any atom is -0.447 e. The molecule has 1 aromatic rings. The summed E-state index contributed by atoms with van der Waals surface area (Å²) >= 11 is 5.70. The van der Waals surface area contributed by atoms with Crippen LogP contribution in [0.1, 0.15) is 5.76 Å². The molecule has 0 amide bonds. The van der Waals surface area contributed by atoms with Crippen molar-refractivity contribution in [3.8, 4) is 0 Å². The first kappa shape index (κ1) is 7.00. The van der Waals surface area contributed by atoms with Gasteiger partial charge in [0.15, 0.2) is 5.22 Å². The van der Waals surface area contributed by atoms with Gasteiger partial charge in [-0.25, -0.2) is 5.43 Å². The number of furan rings is 1. The lowest BCUT2D eigenvalue weighted by Crippen LogP contribution is -2.39. The van der Waals surface area contributed by atoms with Gasteiger partial charge in [0.2, 0.25) is 0 Å². The van der Waals surface area contributed by atoms with Gasteiger partial charge in [-0.1, -0.05) is 0 Å². The van der Waals surface area contributed by atoms with Gasteiger partial charge in [0.1, 0.15) is 5.76 Å². The SMILES string of the molecule is CN1NCCc2oc(Cl)cc21. The summed E-state index contributed by atoms with van der Waals surface area (Å²) in [6, 6.07) is 1.82. The summed E-state index contributed by atoms with van der Waals surface area (Å²) in [6.07, 6.45) is 0.909. The average molecular weight is 173 g/mol. The third kappa shape index (κ3) is 1.10. The van der Waals surface area contributed by atoms with E-state index >= 15 is 0 Å². The molecule has 0 bridgehead atoms. The largest absolute Gasteiger partial charge is 0.447 e. The molecule has 0 fully saturated rings. The Morgan fingerprint density at radius 2 is 2.55 bits per heavy atom. The van der Waals surface area contributed by atoms with Crippen LogP contribution in [0.3, 0.4) is 0 Å². The van der Waals surface area contributed by atoms with E-state index in [0.29, 0.717) is 5.22 Å². The third-order valence-electron chi connectivity index (χ3n) is 1.82. The molecule has 1 aliphatic rings. The second-order valence-corrected chi connectivity index (χ2v) is 2.95. The highest BCUT2D eigenvalue weighted by atomic mass is 35.5. The fourth-order valence-corrected chi connectivity index (χ4v) is 1.47. The first-order chi connectivity index (χ1) is 5.27. The highest BCUT2D eigenvalue weighted by molar-refractivity contribution is 6.29. The maximum absolute atomic E-state index is 5.70. The topological polar surface area (TPSA) is 28.4 Å². The zero-order valence-electron chi connectivity index (χ0n) is 6.22. The van der Waals surface area contributed by atoms with Crippen LogP contribution in [0.15, 0.2) is 10.5 Å². The number of halogens is 1. The summed E-state index contributed by atoms with van der Waals surface area (Å²) in [4.78, 5) is 0. The lowest BCUT2D eigenvalue weighted by Gasteiger charge is -2.23. The van der Waals surface area contributed by atoms with Gasteiger partial charge in [0.05, 0.1) is 5.69 Å². The number of hydrogen-bond acceptors (Lipinski definition) is 3. The van der Waals surface area contributed by atoms with Crippen LogP contribution in [0, 0.1) is 0 Å². The van der Waals surface area contributed by atoms with Crippen molar-refractivity contribution >= 4 is 17.3 Å². The van der Waals surface area contributed by atoms with Crippen molar-refractivity contribution in [2.75, 3.05) is 18.6 Å². The number of anilines is 1. The van der Waals surface area contributed by atoms with Gasteiger partial charge in [-0.2, -0.15) is 0 Å². The molecule has 11 heavy (non-hydrogen) atoms. The Hall–Kier alpha value is -0.670. The molecule has 60 valence electrons. The van der Waals surface area contributed by atoms with Crippen LogP contribution in [-0.4, -0.2) is 13.6 Å². The number of hydrazine groups is 1. The molecule has 0 saturated carbocycles. The monoisotopic (exact) mass is 172 g/mol. The van der Waals surface area contributed by atoms with Crippen molar-refractivity contribution in [3.05, 3.63) is 17.0 Å². The Morgan fingerprint density at radius 1 is 1.73 bits per heavy atom. The zero-order chi connectivity index (χ0) is 7.84. The number of nitrogens with one attached hydrogen (secondary N) is 1. The van der Waals surface area contributed by atoms with Crippen molar-refractivity contribution in [1.29, 1.82) is 0 Å². The van der Waals surface area contributed by atoms with Crippen molar-refractivity contribution in [3.63, 3.8) is 0 Å². The van der Waals surface area contributed by atoms with E-state index in [0.717, 1.165) is 24.4 Å². The Morgan fingerprint density at radius 3 is 3.27 bits per heavy atom. The van der Waals surface area contributed by atoms with E-state index < -0.39 is 0 Å². The predicted molar refractivity (Wildman–Crippen MR) is 43.8 cm³/mol. The molecule has 4 heteroatoms. The van der Waals surface area contributed by atoms with E-state index in [9.17, 15) is 0 Å². The van der Waals surface area contributed by atoms with Crippen molar-refractivity contribution in [1.82, 2.24) is 5.43 Å². The summed E-state index contributed by atoms with van der Waals surface area (Å²) in [5.41, 5.74) is 4.21. The molecule has 1 aliphatic heterocycles. The van der Waals surface area contributed by atoms with Crippen molar-refractivity contribution < 1.29 is 4.42 Å². The maximum atomic E-state index is 5.70. The molecule has 1 N–H and O–H groups in total. The average Bonchev–Trinajstić information content (AvgIpc) is 2.31. The van der Waals surface area contributed by atoms with E-state index in [4.69, 9.17) is 16.0 Å². The smallest absolute Gasteiger partial charge is 0.195 e. The van der Waals surface area contributed by atoms with E-state index in [1.165, 1.54) is 0 Å². The van der Waals surface area contributed by atoms with Crippen LogP contribution in [0.5, 0.6) is 0 Å². The number of fused-ring (bicyclic) bond motifs is 1. The number of rotatable bonds is 0. The second-order valence-electron chi connectivity index (χ2n) is 2.58. The van der Waals surface area contributed by atoms with Crippen LogP contribution in [0.2, 0.25) is 5.22 Å². The fourth-order valence-electron chi connectivity index (χ4n) is 1.27. The van der Waals surface area contributed by atoms with Crippen LogP contribution < -0.4 is 10.4 Å². The van der Waals surface area contributed by atoms with Crippen LogP contribution in [-0.2, 0) is 6.42 Å². The van der Waals surface area contributed by atoms with Crippen molar-refractivity contribution in [2.24, 2.45) is 0 Å². The molecular weight excluding hydrogens is 164 g/mol. The van der Waals surface area contributed by atoms with Gasteiger partial charge in [0, 0.05) is 26.1 Å². The molecule has 0 aliphatic carbocycles. The first-order valence-corrected chi connectivity index (χ1v) is 3.90. The van der Waals surface area contributed by atoms with E-state index in [1.807, 2.05) is 18.1 Å². The minimum absolute atomic E-state index is 0.463. The van der Waals surface area contributed by atoms with Gasteiger partial charge in [-0.05, 0) is 11.6 Å². The molecule has 3 nitrogen and oxygen atoms in total. The van der Waals surface area contributed by atoms with Gasteiger partial charge in [-0.15, -0.1) is 0 Å². The van der Waals surface area contributed by atoms with Crippen LogP contribution >= 0.6 is 11.6 Å². The summed E-state index contributed by atoms with van der Waals surface area (Å²) < 4.78 is 5.26. The quantitative estimate of drug-likeness (QED) is 0.642. The van der Waals surface area contributed by atoms with Crippen LogP contribution in [0.4, 0.5) is 5.69 Å². The second kappa shape index (κ2) is 2.43. The highest BCUT2D eigenvalue weighted by Crippen LogP contribution is 2.28. The molecule has 0 unspecified atom stereocenters. The Kier molecular flexibility index (Phi) is 1.55.